The first-order chi connectivity index (χ1) is 10.5. The summed E-state index contributed by atoms with van der Waals surface area (Å²) in [6, 6.07) is 9.86. The number of nitrogens with two attached hydrogens (primary N) is 1. The molecule has 0 fully saturated rings. The second kappa shape index (κ2) is 6.95. The number of nitrogens with zero attached hydrogens (tertiary/aromatic N) is 1. The van der Waals surface area contributed by atoms with Crippen molar-refractivity contribution in [3.8, 4) is 11.5 Å². The van der Waals surface area contributed by atoms with Gasteiger partial charge in [0, 0.05) is 16.8 Å². The SMILES string of the molecule is COc1ccc(/C=N\NC(=O)c2cccc(N)c2)c(Br)c1O. The highest BCUT2D eigenvalue weighted by molar-refractivity contribution is 9.10. The minimum Gasteiger partial charge on any atom is -0.503 e. The van der Waals surface area contributed by atoms with Crippen molar-refractivity contribution in [1.82, 2.24) is 5.43 Å². The molecule has 1 amide bonds. The van der Waals surface area contributed by atoms with E-state index in [1.54, 1.807) is 36.4 Å². The number of methoxy groups -OCH3 is 1. The van der Waals surface area contributed by atoms with E-state index in [1.165, 1.54) is 13.3 Å². The molecular weight excluding hydrogens is 350 g/mol. The van der Waals surface area contributed by atoms with Crippen LogP contribution < -0.4 is 15.9 Å². The Balaban J connectivity index is 2.10. The number of amides is 1. The van der Waals surface area contributed by atoms with Crippen LogP contribution in [0.3, 0.4) is 0 Å². The molecule has 0 spiro atoms. The molecule has 0 aliphatic carbocycles. The van der Waals surface area contributed by atoms with Crippen molar-refractivity contribution in [1.29, 1.82) is 0 Å². The van der Waals surface area contributed by atoms with Crippen molar-refractivity contribution in [2.75, 3.05) is 12.8 Å². The number of anilines is 1. The van der Waals surface area contributed by atoms with Gasteiger partial charge in [-0.3, -0.25) is 4.79 Å². The van der Waals surface area contributed by atoms with Gasteiger partial charge in [-0.25, -0.2) is 5.43 Å². The van der Waals surface area contributed by atoms with E-state index in [0.717, 1.165) is 0 Å². The number of nitrogens with one attached hydrogen (secondary N) is 1. The number of carbonyl (C=O) groups is 1. The van der Waals surface area contributed by atoms with Crippen LogP contribution in [0.2, 0.25) is 0 Å². The number of carbonyl (C=O) groups excluding carboxylic acids is 1. The molecule has 2 aromatic carbocycles. The molecule has 0 saturated heterocycles. The third kappa shape index (κ3) is 3.56. The van der Waals surface area contributed by atoms with Gasteiger partial charge in [0.2, 0.25) is 0 Å². The Kier molecular flexibility index (Phi) is 5.00. The number of rotatable bonds is 4. The van der Waals surface area contributed by atoms with E-state index in [9.17, 15) is 9.90 Å². The van der Waals surface area contributed by atoms with Gasteiger partial charge >= 0.3 is 0 Å². The molecule has 0 aliphatic heterocycles. The largest absolute Gasteiger partial charge is 0.503 e. The maximum atomic E-state index is 11.9. The summed E-state index contributed by atoms with van der Waals surface area (Å²) in [6.45, 7) is 0. The van der Waals surface area contributed by atoms with Gasteiger partial charge in [-0.2, -0.15) is 5.10 Å². The Morgan fingerprint density at radius 3 is 2.86 bits per heavy atom. The maximum absolute atomic E-state index is 11.9. The molecule has 0 saturated carbocycles. The lowest BCUT2D eigenvalue weighted by atomic mass is 10.2. The van der Waals surface area contributed by atoms with Crippen LogP contribution in [0, 0.1) is 0 Å². The van der Waals surface area contributed by atoms with E-state index in [2.05, 4.69) is 26.5 Å². The smallest absolute Gasteiger partial charge is 0.271 e. The molecule has 4 N–H and O–H groups in total. The van der Waals surface area contributed by atoms with Gasteiger partial charge in [-0.1, -0.05) is 6.07 Å². The molecule has 0 bridgehead atoms. The summed E-state index contributed by atoms with van der Waals surface area (Å²) >= 11 is 3.24. The van der Waals surface area contributed by atoms with Crippen molar-refractivity contribution in [3.63, 3.8) is 0 Å². The summed E-state index contributed by atoms with van der Waals surface area (Å²) in [5.41, 5.74) is 9.51. The standard InChI is InChI=1S/C15H14BrN3O3/c1-22-12-6-5-10(13(16)14(12)20)8-18-19-15(21)9-3-2-4-11(17)7-9/h2-8,20H,17H2,1H3,(H,19,21)/b18-8-. The van der Waals surface area contributed by atoms with E-state index >= 15 is 0 Å². The maximum Gasteiger partial charge on any atom is 0.271 e. The summed E-state index contributed by atoms with van der Waals surface area (Å²) < 4.78 is 5.41. The first kappa shape index (κ1) is 15.8. The van der Waals surface area contributed by atoms with Crippen LogP contribution in [-0.4, -0.2) is 24.3 Å². The zero-order valence-electron chi connectivity index (χ0n) is 11.7. The van der Waals surface area contributed by atoms with Gasteiger partial charge in [-0.15, -0.1) is 0 Å². The molecule has 0 atom stereocenters. The highest BCUT2D eigenvalue weighted by Crippen LogP contribution is 2.35. The average Bonchev–Trinajstić information content (AvgIpc) is 2.51. The Morgan fingerprint density at radius 2 is 2.18 bits per heavy atom. The number of hydrogen-bond acceptors (Lipinski definition) is 5. The Bertz CT molecular complexity index is 732. The molecule has 22 heavy (non-hydrogen) atoms. The predicted molar refractivity (Wildman–Crippen MR) is 88.3 cm³/mol. The Labute approximate surface area is 135 Å². The summed E-state index contributed by atoms with van der Waals surface area (Å²) in [6.07, 6.45) is 1.41. The van der Waals surface area contributed by atoms with Gasteiger partial charge in [-0.05, 0) is 46.3 Å². The normalized spacial score (nSPS) is 10.6. The van der Waals surface area contributed by atoms with Gasteiger partial charge < -0.3 is 15.6 Å². The topological polar surface area (TPSA) is 96.9 Å². The van der Waals surface area contributed by atoms with Crippen LogP contribution in [-0.2, 0) is 0 Å². The van der Waals surface area contributed by atoms with E-state index in [-0.39, 0.29) is 11.7 Å². The van der Waals surface area contributed by atoms with E-state index < -0.39 is 0 Å². The number of halogens is 1. The highest BCUT2D eigenvalue weighted by Gasteiger charge is 2.09. The van der Waals surface area contributed by atoms with Crippen molar-refractivity contribution < 1.29 is 14.6 Å². The number of aromatic hydroxyl groups is 1. The second-order valence-corrected chi connectivity index (χ2v) is 5.14. The molecule has 2 aromatic rings. The number of phenolic OH excluding ortho intramolecular Hbond substituents is 1. The molecule has 0 aromatic heterocycles. The van der Waals surface area contributed by atoms with Gasteiger partial charge in [0.05, 0.1) is 17.8 Å². The molecule has 7 heteroatoms. The fourth-order valence-corrected chi connectivity index (χ4v) is 2.16. The van der Waals surface area contributed by atoms with Gasteiger partial charge in [0.1, 0.15) is 0 Å². The van der Waals surface area contributed by atoms with Crippen LogP contribution in [0.25, 0.3) is 0 Å². The molecule has 0 radical (unpaired) electrons. The van der Waals surface area contributed by atoms with Gasteiger partial charge in [0.15, 0.2) is 11.5 Å². The van der Waals surface area contributed by atoms with Crippen molar-refractivity contribution >= 4 is 33.7 Å². The second-order valence-electron chi connectivity index (χ2n) is 4.34. The van der Waals surface area contributed by atoms with Crippen LogP contribution in [0.1, 0.15) is 15.9 Å². The van der Waals surface area contributed by atoms with Crippen LogP contribution in [0.5, 0.6) is 11.5 Å². The molecule has 0 unspecified atom stereocenters. The van der Waals surface area contributed by atoms with E-state index in [1.807, 2.05) is 0 Å². The van der Waals surface area contributed by atoms with Crippen LogP contribution >= 0.6 is 15.9 Å². The number of benzene rings is 2. The number of ether oxygens (including phenoxy) is 1. The lowest BCUT2D eigenvalue weighted by molar-refractivity contribution is 0.0955. The van der Waals surface area contributed by atoms with Gasteiger partial charge in [0.25, 0.3) is 5.91 Å². The minimum absolute atomic E-state index is 0.0337. The fraction of sp³-hybridized carbons (Fsp3) is 0.0667. The van der Waals surface area contributed by atoms with Crippen molar-refractivity contribution in [2.45, 2.75) is 0 Å². The third-order valence-electron chi connectivity index (χ3n) is 2.85. The number of nitrogen functional groups attached to an aromatic ring is 1. The minimum atomic E-state index is -0.377. The molecular formula is C15H14BrN3O3. The number of hydrogen-bond donors (Lipinski definition) is 3. The molecule has 6 nitrogen and oxygen atoms in total. The van der Waals surface area contributed by atoms with E-state index in [4.69, 9.17) is 10.5 Å². The fourth-order valence-electron chi connectivity index (χ4n) is 1.73. The first-order valence-corrected chi connectivity index (χ1v) is 7.06. The van der Waals surface area contributed by atoms with E-state index in [0.29, 0.717) is 27.0 Å². The van der Waals surface area contributed by atoms with Crippen LogP contribution in [0.4, 0.5) is 5.69 Å². The zero-order valence-corrected chi connectivity index (χ0v) is 13.3. The number of hydrazone groups is 1. The van der Waals surface area contributed by atoms with Crippen molar-refractivity contribution in [3.05, 3.63) is 52.0 Å². The van der Waals surface area contributed by atoms with Crippen molar-refractivity contribution in [2.24, 2.45) is 5.10 Å². The molecule has 0 heterocycles. The average molecular weight is 364 g/mol. The number of phenols is 1. The highest BCUT2D eigenvalue weighted by atomic mass is 79.9. The zero-order chi connectivity index (χ0) is 16.1. The monoisotopic (exact) mass is 363 g/mol. The first-order valence-electron chi connectivity index (χ1n) is 6.27. The summed E-state index contributed by atoms with van der Waals surface area (Å²) in [5.74, 6) is -0.0705. The summed E-state index contributed by atoms with van der Waals surface area (Å²) in [4.78, 5) is 11.9. The summed E-state index contributed by atoms with van der Waals surface area (Å²) in [7, 11) is 1.46. The molecule has 114 valence electrons. The lowest BCUT2D eigenvalue weighted by Gasteiger charge is -2.07. The Hall–Kier alpha value is -2.54. The molecule has 0 aliphatic rings. The third-order valence-corrected chi connectivity index (χ3v) is 3.68. The van der Waals surface area contributed by atoms with Crippen LogP contribution in [0.15, 0.2) is 46.0 Å². The predicted octanol–water partition coefficient (Wildman–Crippen LogP) is 2.51. The quantitative estimate of drug-likeness (QED) is 0.441. The Morgan fingerprint density at radius 1 is 1.41 bits per heavy atom. The molecule has 2 rings (SSSR count). The lowest BCUT2D eigenvalue weighted by Crippen LogP contribution is -2.17. The summed E-state index contributed by atoms with van der Waals surface area (Å²) in [5, 5.41) is 13.7.